The van der Waals surface area contributed by atoms with Gasteiger partial charge >= 0.3 is 0 Å². The van der Waals surface area contributed by atoms with Crippen LogP contribution in [0.1, 0.15) is 12.0 Å². The van der Waals surface area contributed by atoms with Crippen LogP contribution in [0, 0.1) is 5.41 Å². The lowest BCUT2D eigenvalue weighted by Crippen LogP contribution is -2.33. The third-order valence-corrected chi connectivity index (χ3v) is 4.63. The van der Waals surface area contributed by atoms with Crippen molar-refractivity contribution in [3.05, 3.63) is 42.5 Å². The number of aromatic amines is 1. The molecule has 4 N–H and O–H groups in total. The summed E-state index contributed by atoms with van der Waals surface area (Å²) in [5.74, 6) is -0.0615. The molecular weight excluding hydrogens is 292 g/mol. The highest BCUT2D eigenvalue weighted by Crippen LogP contribution is 2.17. The van der Waals surface area contributed by atoms with Crippen molar-refractivity contribution >= 4 is 15.9 Å². The molecule has 0 saturated carbocycles. The van der Waals surface area contributed by atoms with Crippen LogP contribution in [0.2, 0.25) is 0 Å². The molecule has 2 aromatic rings. The maximum atomic E-state index is 12.5. The van der Waals surface area contributed by atoms with E-state index in [0.29, 0.717) is 0 Å². The molecule has 0 saturated heterocycles. The monoisotopic (exact) mass is 308 g/mol. The highest BCUT2D eigenvalue weighted by Gasteiger charge is 2.25. The van der Waals surface area contributed by atoms with Gasteiger partial charge in [0.05, 0.1) is 12.0 Å². The molecule has 112 valence electrons. The van der Waals surface area contributed by atoms with E-state index < -0.39 is 10.0 Å². The standard InChI is InChI=1S/C12H16N6O2S/c13-12(14)3-5-18(9-10-2-1-4-15-6-10)21(19,20)11-7-16-17-8-11/h1-2,4,6-8H,3,5,9H2,(H3,13,14)(H,16,17). The topological polar surface area (TPSA) is 129 Å². The summed E-state index contributed by atoms with van der Waals surface area (Å²) in [7, 11) is -3.69. The minimum Gasteiger partial charge on any atom is -0.388 e. The summed E-state index contributed by atoms with van der Waals surface area (Å²) in [6.07, 6.45) is 5.95. The molecule has 0 aliphatic carbocycles. The number of sulfonamides is 1. The highest BCUT2D eigenvalue weighted by molar-refractivity contribution is 7.89. The van der Waals surface area contributed by atoms with Gasteiger partial charge < -0.3 is 5.73 Å². The van der Waals surface area contributed by atoms with E-state index in [1.807, 2.05) is 0 Å². The molecule has 0 aromatic carbocycles. The van der Waals surface area contributed by atoms with Crippen molar-refractivity contribution in [1.82, 2.24) is 19.5 Å². The van der Waals surface area contributed by atoms with Gasteiger partial charge in [-0.3, -0.25) is 15.5 Å². The van der Waals surface area contributed by atoms with Crippen LogP contribution >= 0.6 is 0 Å². The number of hydrogen-bond acceptors (Lipinski definition) is 5. The van der Waals surface area contributed by atoms with E-state index in [-0.39, 0.29) is 30.2 Å². The Labute approximate surface area is 122 Å². The Balaban J connectivity index is 2.25. The summed E-state index contributed by atoms with van der Waals surface area (Å²) in [5.41, 5.74) is 6.08. The van der Waals surface area contributed by atoms with Crippen molar-refractivity contribution < 1.29 is 8.42 Å². The average molecular weight is 308 g/mol. The summed E-state index contributed by atoms with van der Waals surface area (Å²) in [4.78, 5) is 4.05. The van der Waals surface area contributed by atoms with Crippen LogP contribution in [0.4, 0.5) is 0 Å². The molecule has 9 heteroatoms. The molecule has 0 atom stereocenters. The molecule has 2 heterocycles. The van der Waals surface area contributed by atoms with Crippen molar-refractivity contribution in [2.24, 2.45) is 5.73 Å². The summed E-state index contributed by atoms with van der Waals surface area (Å²) in [5, 5.41) is 13.4. The van der Waals surface area contributed by atoms with E-state index in [4.69, 9.17) is 11.1 Å². The SMILES string of the molecule is N=C(N)CCN(Cc1cccnc1)S(=O)(=O)c1cn[nH]c1. The fourth-order valence-electron chi connectivity index (χ4n) is 1.75. The Morgan fingerprint density at radius 1 is 1.43 bits per heavy atom. The zero-order chi connectivity index (χ0) is 15.3. The second-order valence-electron chi connectivity index (χ2n) is 4.41. The second-order valence-corrected chi connectivity index (χ2v) is 6.35. The summed E-state index contributed by atoms with van der Waals surface area (Å²) in [6, 6.07) is 3.53. The van der Waals surface area contributed by atoms with Gasteiger partial charge in [0.2, 0.25) is 10.0 Å². The smallest absolute Gasteiger partial charge is 0.246 e. The molecule has 0 bridgehead atoms. The van der Waals surface area contributed by atoms with Crippen LogP contribution in [-0.4, -0.2) is 40.3 Å². The first-order valence-electron chi connectivity index (χ1n) is 6.21. The fourth-order valence-corrected chi connectivity index (χ4v) is 3.09. The quantitative estimate of drug-likeness (QED) is 0.501. The van der Waals surface area contributed by atoms with Crippen molar-refractivity contribution in [3.8, 4) is 0 Å². The molecule has 0 aliphatic rings. The lowest BCUT2D eigenvalue weighted by atomic mass is 10.3. The Morgan fingerprint density at radius 2 is 2.24 bits per heavy atom. The molecule has 0 fully saturated rings. The maximum Gasteiger partial charge on any atom is 0.246 e. The molecule has 21 heavy (non-hydrogen) atoms. The van der Waals surface area contributed by atoms with Crippen molar-refractivity contribution in [3.63, 3.8) is 0 Å². The number of nitrogens with zero attached hydrogens (tertiary/aromatic N) is 3. The van der Waals surface area contributed by atoms with Gasteiger partial charge in [0.1, 0.15) is 4.90 Å². The number of nitrogens with two attached hydrogens (primary N) is 1. The molecule has 8 nitrogen and oxygen atoms in total. The van der Waals surface area contributed by atoms with E-state index in [0.717, 1.165) is 5.56 Å². The summed E-state index contributed by atoms with van der Waals surface area (Å²) < 4.78 is 26.3. The van der Waals surface area contributed by atoms with E-state index in [9.17, 15) is 8.42 Å². The van der Waals surface area contributed by atoms with Crippen LogP contribution in [0.5, 0.6) is 0 Å². The third-order valence-electron chi connectivity index (χ3n) is 2.82. The second kappa shape index (κ2) is 6.46. The minimum atomic E-state index is -3.69. The van der Waals surface area contributed by atoms with Crippen molar-refractivity contribution in [2.75, 3.05) is 6.54 Å². The van der Waals surface area contributed by atoms with Gasteiger partial charge in [-0.1, -0.05) is 6.07 Å². The van der Waals surface area contributed by atoms with Crippen LogP contribution < -0.4 is 5.73 Å². The van der Waals surface area contributed by atoms with Crippen molar-refractivity contribution in [2.45, 2.75) is 17.9 Å². The Bertz CT molecular complexity index is 684. The lowest BCUT2D eigenvalue weighted by Gasteiger charge is -2.21. The molecular formula is C12H16N6O2S. The molecule has 0 aliphatic heterocycles. The molecule has 0 unspecified atom stereocenters. The summed E-state index contributed by atoms with van der Waals surface area (Å²) >= 11 is 0. The van der Waals surface area contributed by atoms with Crippen LogP contribution in [-0.2, 0) is 16.6 Å². The van der Waals surface area contributed by atoms with Crippen LogP contribution in [0.3, 0.4) is 0 Å². The number of rotatable bonds is 7. The first-order valence-corrected chi connectivity index (χ1v) is 7.65. The number of pyridine rings is 1. The highest BCUT2D eigenvalue weighted by atomic mass is 32.2. The van der Waals surface area contributed by atoms with Gasteiger partial charge in [-0.05, 0) is 11.6 Å². The van der Waals surface area contributed by atoms with Gasteiger partial charge in [-0.2, -0.15) is 9.40 Å². The Hall–Kier alpha value is -2.26. The molecule has 0 radical (unpaired) electrons. The van der Waals surface area contributed by atoms with E-state index in [1.165, 1.54) is 16.7 Å². The van der Waals surface area contributed by atoms with E-state index in [2.05, 4.69) is 15.2 Å². The minimum absolute atomic E-state index is 0.0615. The average Bonchev–Trinajstić information content (AvgIpc) is 2.99. The Morgan fingerprint density at radius 3 is 2.81 bits per heavy atom. The van der Waals surface area contributed by atoms with Crippen LogP contribution in [0.25, 0.3) is 0 Å². The first-order chi connectivity index (χ1) is 10.00. The zero-order valence-corrected chi connectivity index (χ0v) is 12.0. The Kier molecular flexibility index (Phi) is 4.66. The fraction of sp³-hybridized carbons (Fsp3) is 0.250. The number of aromatic nitrogens is 3. The number of H-pyrrole nitrogens is 1. The molecule has 0 amide bonds. The first kappa shape index (κ1) is 15.1. The summed E-state index contributed by atoms with van der Waals surface area (Å²) in [6.45, 7) is 0.284. The normalized spacial score (nSPS) is 11.7. The molecule has 2 rings (SSSR count). The molecule has 0 spiro atoms. The maximum absolute atomic E-state index is 12.5. The van der Waals surface area contributed by atoms with Gasteiger partial charge in [0.25, 0.3) is 0 Å². The lowest BCUT2D eigenvalue weighted by molar-refractivity contribution is 0.414. The van der Waals surface area contributed by atoms with E-state index >= 15 is 0 Å². The largest absolute Gasteiger partial charge is 0.388 e. The number of amidine groups is 1. The predicted octanol–water partition coefficient (Wildman–Crippen LogP) is 0.322. The number of hydrogen-bond donors (Lipinski definition) is 3. The number of nitrogens with one attached hydrogen (secondary N) is 2. The third kappa shape index (κ3) is 3.86. The zero-order valence-electron chi connectivity index (χ0n) is 11.2. The van der Waals surface area contributed by atoms with Gasteiger partial charge in [-0.15, -0.1) is 0 Å². The van der Waals surface area contributed by atoms with Crippen LogP contribution in [0.15, 0.2) is 41.8 Å². The molecule has 2 aromatic heterocycles. The van der Waals surface area contributed by atoms with Gasteiger partial charge in [0, 0.05) is 38.1 Å². The van der Waals surface area contributed by atoms with Gasteiger partial charge in [-0.25, -0.2) is 8.42 Å². The van der Waals surface area contributed by atoms with Gasteiger partial charge in [0.15, 0.2) is 0 Å². The predicted molar refractivity (Wildman–Crippen MR) is 77.0 cm³/mol. The van der Waals surface area contributed by atoms with Crippen molar-refractivity contribution in [1.29, 1.82) is 5.41 Å². The van der Waals surface area contributed by atoms with E-state index in [1.54, 1.807) is 24.5 Å².